The Kier molecular flexibility index (Phi) is 5.71. The highest BCUT2D eigenvalue weighted by molar-refractivity contribution is 5.89. The smallest absolute Gasteiger partial charge is 0.338 e. The van der Waals surface area contributed by atoms with Crippen molar-refractivity contribution in [2.45, 2.75) is 33.0 Å². The number of non-ortho nitro benzene ring substituents is 1. The third-order valence-corrected chi connectivity index (χ3v) is 3.31. The molecule has 0 aliphatic heterocycles. The maximum Gasteiger partial charge on any atom is 0.338 e. The number of hydrogen-bond donors (Lipinski definition) is 0. The lowest BCUT2D eigenvalue weighted by Crippen LogP contribution is -2.23. The molecule has 2 aromatic carbocycles. The lowest BCUT2D eigenvalue weighted by molar-refractivity contribution is -0.384. The first-order valence-corrected chi connectivity index (χ1v) is 7.88. The average Bonchev–Trinajstić information content (AvgIpc) is 2.58. The van der Waals surface area contributed by atoms with Gasteiger partial charge in [-0.2, -0.15) is 0 Å². The Balaban J connectivity index is 2.05. The van der Waals surface area contributed by atoms with E-state index in [4.69, 9.17) is 9.47 Å². The summed E-state index contributed by atoms with van der Waals surface area (Å²) in [5.74, 6) is -0.162. The summed E-state index contributed by atoms with van der Waals surface area (Å²) in [5, 5.41) is 10.7. The Bertz CT molecular complexity index is 821. The van der Waals surface area contributed by atoms with Gasteiger partial charge in [0, 0.05) is 12.1 Å². The van der Waals surface area contributed by atoms with Crippen LogP contribution in [0.2, 0.25) is 0 Å². The number of carbonyl (C=O) groups is 2. The van der Waals surface area contributed by atoms with E-state index in [9.17, 15) is 19.7 Å². The molecule has 2 aromatic rings. The van der Waals surface area contributed by atoms with Crippen molar-refractivity contribution in [2.75, 3.05) is 0 Å². The number of rotatable bonds is 6. The van der Waals surface area contributed by atoms with E-state index in [1.807, 2.05) is 0 Å². The zero-order chi connectivity index (χ0) is 19.3. The fourth-order valence-electron chi connectivity index (χ4n) is 2.11. The van der Waals surface area contributed by atoms with Gasteiger partial charge in [0.2, 0.25) is 0 Å². The zero-order valence-corrected chi connectivity index (χ0v) is 14.7. The van der Waals surface area contributed by atoms with Gasteiger partial charge in [0.05, 0.1) is 16.1 Å². The Hall–Kier alpha value is -3.22. The molecule has 0 atom stereocenters. The van der Waals surface area contributed by atoms with E-state index in [1.165, 1.54) is 12.1 Å². The van der Waals surface area contributed by atoms with Crippen molar-refractivity contribution in [3.05, 3.63) is 69.3 Å². The number of nitro groups is 1. The van der Waals surface area contributed by atoms with Crippen LogP contribution in [0.25, 0.3) is 0 Å². The number of nitro benzene ring substituents is 1. The minimum atomic E-state index is -0.577. The summed E-state index contributed by atoms with van der Waals surface area (Å²) in [4.78, 5) is 33.2. The number of nitrogens with zero attached hydrogens (tertiary/aromatic N) is 1. The highest BCUT2D eigenvalue weighted by atomic mass is 16.6. The van der Waals surface area contributed by atoms with Crippen molar-refractivity contribution in [3.8, 4) is 5.75 Å². The Morgan fingerprint density at radius 1 is 1.15 bits per heavy atom. The van der Waals surface area contributed by atoms with Crippen LogP contribution in [-0.4, -0.2) is 22.8 Å². The summed E-state index contributed by atoms with van der Waals surface area (Å²) in [6.45, 7) is 5.53. The lowest BCUT2D eigenvalue weighted by Gasteiger charge is -2.19. The van der Waals surface area contributed by atoms with Gasteiger partial charge in [-0.15, -0.1) is 0 Å². The minimum Gasteiger partial charge on any atom is -0.488 e. The van der Waals surface area contributed by atoms with Crippen LogP contribution < -0.4 is 4.74 Å². The van der Waals surface area contributed by atoms with Crippen molar-refractivity contribution in [2.24, 2.45) is 0 Å². The van der Waals surface area contributed by atoms with Crippen molar-refractivity contribution in [1.82, 2.24) is 0 Å². The number of benzene rings is 2. The molecule has 0 spiro atoms. The van der Waals surface area contributed by atoms with E-state index in [1.54, 1.807) is 45.0 Å². The summed E-state index contributed by atoms with van der Waals surface area (Å²) in [5.41, 5.74) is 0.547. The van der Waals surface area contributed by atoms with Gasteiger partial charge in [-0.1, -0.05) is 12.1 Å². The summed E-state index contributed by atoms with van der Waals surface area (Å²) in [6, 6.07) is 10.5. The fourth-order valence-corrected chi connectivity index (χ4v) is 2.11. The SMILES string of the molecule is CC(C)(C)OC(=O)c1ccc(COc2ccc([N+](=O)[O-])cc2C=O)cc1. The van der Waals surface area contributed by atoms with Crippen molar-refractivity contribution in [1.29, 1.82) is 0 Å². The van der Waals surface area contributed by atoms with Crippen molar-refractivity contribution >= 4 is 17.9 Å². The van der Waals surface area contributed by atoms with E-state index in [0.717, 1.165) is 11.6 Å². The first-order chi connectivity index (χ1) is 12.2. The van der Waals surface area contributed by atoms with E-state index >= 15 is 0 Å². The topological polar surface area (TPSA) is 95.7 Å². The normalized spacial score (nSPS) is 10.9. The second-order valence-electron chi connectivity index (χ2n) is 6.58. The molecule has 0 aliphatic rings. The highest BCUT2D eigenvalue weighted by Gasteiger charge is 2.17. The Morgan fingerprint density at radius 2 is 1.81 bits per heavy atom. The van der Waals surface area contributed by atoms with Gasteiger partial charge in [-0.3, -0.25) is 14.9 Å². The molecule has 0 aliphatic carbocycles. The molecule has 0 aromatic heterocycles. The molecular weight excluding hydrogens is 338 g/mol. The van der Waals surface area contributed by atoms with Gasteiger partial charge in [-0.25, -0.2) is 4.79 Å². The summed E-state index contributed by atoms with van der Waals surface area (Å²) in [7, 11) is 0. The molecule has 0 bridgehead atoms. The monoisotopic (exact) mass is 357 g/mol. The molecule has 7 heteroatoms. The van der Waals surface area contributed by atoms with Crippen LogP contribution in [0.3, 0.4) is 0 Å². The fraction of sp³-hybridized carbons (Fsp3) is 0.263. The molecule has 0 radical (unpaired) electrons. The lowest BCUT2D eigenvalue weighted by atomic mass is 10.1. The first-order valence-electron chi connectivity index (χ1n) is 7.88. The van der Waals surface area contributed by atoms with Gasteiger partial charge >= 0.3 is 5.97 Å². The molecule has 0 saturated heterocycles. The zero-order valence-electron chi connectivity index (χ0n) is 14.7. The maximum atomic E-state index is 12.0. The first kappa shape index (κ1) is 19.1. The second-order valence-corrected chi connectivity index (χ2v) is 6.58. The van der Waals surface area contributed by atoms with E-state index in [2.05, 4.69) is 0 Å². The molecule has 0 N–H and O–H groups in total. The van der Waals surface area contributed by atoms with Crippen LogP contribution in [0.15, 0.2) is 42.5 Å². The molecule has 26 heavy (non-hydrogen) atoms. The predicted molar refractivity (Wildman–Crippen MR) is 94.4 cm³/mol. The van der Waals surface area contributed by atoms with Crippen LogP contribution in [0.1, 0.15) is 47.1 Å². The molecular formula is C19H19NO6. The van der Waals surface area contributed by atoms with Crippen molar-refractivity contribution < 1.29 is 24.0 Å². The number of hydrogen-bond acceptors (Lipinski definition) is 6. The average molecular weight is 357 g/mol. The van der Waals surface area contributed by atoms with Crippen LogP contribution in [0, 0.1) is 10.1 Å². The van der Waals surface area contributed by atoms with Crippen LogP contribution in [0.4, 0.5) is 5.69 Å². The van der Waals surface area contributed by atoms with Gasteiger partial charge in [-0.05, 0) is 44.5 Å². The largest absolute Gasteiger partial charge is 0.488 e. The molecule has 7 nitrogen and oxygen atoms in total. The minimum absolute atomic E-state index is 0.101. The van der Waals surface area contributed by atoms with Crippen molar-refractivity contribution in [3.63, 3.8) is 0 Å². The number of esters is 1. The number of ether oxygens (including phenoxy) is 2. The van der Waals surface area contributed by atoms with E-state index < -0.39 is 16.5 Å². The second kappa shape index (κ2) is 7.77. The van der Waals surface area contributed by atoms with Gasteiger partial charge < -0.3 is 9.47 Å². The Labute approximate surface area is 150 Å². The van der Waals surface area contributed by atoms with Crippen LogP contribution in [0.5, 0.6) is 5.75 Å². The van der Waals surface area contributed by atoms with E-state index in [0.29, 0.717) is 11.8 Å². The third kappa shape index (κ3) is 5.14. The number of carbonyl (C=O) groups excluding carboxylic acids is 2. The van der Waals surface area contributed by atoms with Gasteiger partial charge in [0.15, 0.2) is 6.29 Å². The van der Waals surface area contributed by atoms with Crippen LogP contribution in [-0.2, 0) is 11.3 Å². The standard InChI is InChI=1S/C19H19NO6/c1-19(2,3)26-18(22)14-6-4-13(5-7-14)12-25-17-9-8-16(20(23)24)10-15(17)11-21/h4-11H,12H2,1-3H3. The molecule has 0 saturated carbocycles. The maximum absolute atomic E-state index is 12.0. The quantitative estimate of drug-likeness (QED) is 0.336. The summed E-state index contributed by atoms with van der Waals surface area (Å²) >= 11 is 0. The Morgan fingerprint density at radius 3 is 2.35 bits per heavy atom. The highest BCUT2D eigenvalue weighted by Crippen LogP contribution is 2.23. The third-order valence-electron chi connectivity index (χ3n) is 3.31. The molecule has 0 unspecified atom stereocenters. The number of aldehydes is 1. The van der Waals surface area contributed by atoms with Gasteiger partial charge in [0.1, 0.15) is 18.0 Å². The molecule has 0 heterocycles. The summed E-state index contributed by atoms with van der Waals surface area (Å²) in [6.07, 6.45) is 0.508. The molecule has 0 amide bonds. The molecule has 136 valence electrons. The molecule has 2 rings (SSSR count). The predicted octanol–water partition coefficient (Wildman–Crippen LogP) is 3.94. The van der Waals surface area contributed by atoms with Crippen LogP contribution >= 0.6 is 0 Å². The summed E-state index contributed by atoms with van der Waals surface area (Å²) < 4.78 is 10.8. The van der Waals surface area contributed by atoms with Gasteiger partial charge in [0.25, 0.3) is 5.69 Å². The van der Waals surface area contributed by atoms with E-state index in [-0.39, 0.29) is 23.6 Å². The molecule has 0 fully saturated rings.